The van der Waals surface area contributed by atoms with Crippen molar-refractivity contribution in [1.82, 2.24) is 19.9 Å². The average Bonchev–Trinajstić information content (AvgIpc) is 3.89. The molecule has 11 rings (SSSR count). The van der Waals surface area contributed by atoms with E-state index in [4.69, 9.17) is 23.8 Å². The second kappa shape index (κ2) is 12.5. The molecule has 0 radical (unpaired) electrons. The van der Waals surface area contributed by atoms with Crippen LogP contribution in [-0.2, 0) is 0 Å². The molecule has 0 spiro atoms. The molecule has 0 fully saturated rings. The van der Waals surface area contributed by atoms with Crippen LogP contribution in [0.25, 0.3) is 88.9 Å². The third kappa shape index (κ3) is 5.45. The van der Waals surface area contributed by atoms with Crippen molar-refractivity contribution in [3.8, 4) is 34.2 Å². The normalized spacial score (nSPS) is 11.6. The minimum Gasteiger partial charge on any atom is -0.436 e. The standard InChI is InChI=1S/C48H29N5O2/c1-3-9-43-41(7-1)51-47(54-43)32-15-21-37(22-16-32)53(38-23-17-33(18-24-38)48-52-42-8-2-4-10-44(42)55-48)39-25-19-34-28-36(14-13-35(34)29-39)40-26-20-31-12-11-30-6-5-27-49-45(30)46(31)50-40/h1-29H. The predicted molar refractivity (Wildman–Crippen MR) is 221 cm³/mol. The molecule has 0 atom stereocenters. The Morgan fingerprint density at radius 1 is 0.382 bits per heavy atom. The van der Waals surface area contributed by atoms with Crippen molar-refractivity contribution in [2.24, 2.45) is 0 Å². The molecule has 55 heavy (non-hydrogen) atoms. The zero-order valence-corrected chi connectivity index (χ0v) is 29.3. The lowest BCUT2D eigenvalue weighted by Crippen LogP contribution is -2.09. The molecule has 4 aromatic heterocycles. The summed E-state index contributed by atoms with van der Waals surface area (Å²) in [5.74, 6) is 1.18. The molecule has 0 aliphatic heterocycles. The van der Waals surface area contributed by atoms with Crippen LogP contribution >= 0.6 is 0 Å². The van der Waals surface area contributed by atoms with Gasteiger partial charge in [0, 0.05) is 50.7 Å². The Balaban J connectivity index is 0.978. The Kier molecular flexibility index (Phi) is 7.03. The maximum Gasteiger partial charge on any atom is 0.227 e. The SMILES string of the molecule is c1cnc2c(c1)ccc1ccc(-c3ccc4cc(N(c5ccc(-c6nc7ccccc7o6)cc5)c5ccc(-c6nc7ccccc7o6)cc5)ccc4c3)nc12. The number of benzene rings is 7. The maximum absolute atomic E-state index is 6.08. The minimum absolute atomic E-state index is 0.592. The van der Waals surface area contributed by atoms with E-state index in [1.807, 2.05) is 60.8 Å². The molecule has 4 heterocycles. The monoisotopic (exact) mass is 707 g/mol. The topological polar surface area (TPSA) is 81.1 Å². The molecule has 7 aromatic carbocycles. The fraction of sp³-hybridized carbons (Fsp3) is 0. The summed E-state index contributed by atoms with van der Waals surface area (Å²) in [4.78, 5) is 21.4. The Hall–Kier alpha value is -7.64. The predicted octanol–water partition coefficient (Wildman–Crippen LogP) is 12.7. The third-order valence-corrected chi connectivity index (χ3v) is 10.1. The number of nitrogens with zero attached hydrogens (tertiary/aromatic N) is 5. The molecule has 0 saturated carbocycles. The molecule has 0 saturated heterocycles. The highest BCUT2D eigenvalue weighted by atomic mass is 16.4. The summed E-state index contributed by atoms with van der Waals surface area (Å²) in [6.07, 6.45) is 1.83. The number of anilines is 3. The number of para-hydroxylation sites is 4. The molecule has 7 nitrogen and oxygen atoms in total. The zero-order chi connectivity index (χ0) is 36.3. The summed E-state index contributed by atoms with van der Waals surface area (Å²) < 4.78 is 12.2. The van der Waals surface area contributed by atoms with Gasteiger partial charge in [-0.1, -0.05) is 66.7 Å². The van der Waals surface area contributed by atoms with Gasteiger partial charge >= 0.3 is 0 Å². The van der Waals surface area contributed by atoms with Gasteiger partial charge in [0.15, 0.2) is 11.2 Å². The molecule has 0 N–H and O–H groups in total. The van der Waals surface area contributed by atoms with Gasteiger partial charge < -0.3 is 13.7 Å². The molecule has 0 aliphatic rings. The van der Waals surface area contributed by atoms with E-state index in [1.54, 1.807) is 0 Å². The van der Waals surface area contributed by atoms with Crippen molar-refractivity contribution >= 4 is 71.8 Å². The fourth-order valence-electron chi connectivity index (χ4n) is 7.36. The molecule has 0 amide bonds. The van der Waals surface area contributed by atoms with E-state index in [0.29, 0.717) is 11.8 Å². The quantitative estimate of drug-likeness (QED) is 0.159. The highest BCUT2D eigenvalue weighted by Crippen LogP contribution is 2.39. The van der Waals surface area contributed by atoms with E-state index >= 15 is 0 Å². The van der Waals surface area contributed by atoms with Gasteiger partial charge in [-0.2, -0.15) is 0 Å². The van der Waals surface area contributed by atoms with Crippen molar-refractivity contribution in [3.63, 3.8) is 0 Å². The highest BCUT2D eigenvalue weighted by Gasteiger charge is 2.17. The fourth-order valence-corrected chi connectivity index (χ4v) is 7.36. The van der Waals surface area contributed by atoms with Crippen LogP contribution in [0.2, 0.25) is 0 Å². The first-order valence-corrected chi connectivity index (χ1v) is 18.1. The molecule has 0 unspecified atom stereocenters. The Labute approximate surface area is 314 Å². The van der Waals surface area contributed by atoms with E-state index in [2.05, 4.69) is 125 Å². The third-order valence-electron chi connectivity index (χ3n) is 10.1. The van der Waals surface area contributed by atoms with Crippen LogP contribution in [0.3, 0.4) is 0 Å². The van der Waals surface area contributed by atoms with Crippen LogP contribution < -0.4 is 4.90 Å². The van der Waals surface area contributed by atoms with Crippen LogP contribution in [0.15, 0.2) is 185 Å². The van der Waals surface area contributed by atoms with Gasteiger partial charge in [-0.15, -0.1) is 0 Å². The lowest BCUT2D eigenvalue weighted by molar-refractivity contribution is 0.619. The summed E-state index contributed by atoms with van der Waals surface area (Å²) in [6, 6.07) is 57.9. The van der Waals surface area contributed by atoms with Gasteiger partial charge in [0.05, 0.1) is 16.7 Å². The highest BCUT2D eigenvalue weighted by molar-refractivity contribution is 6.03. The van der Waals surface area contributed by atoms with Crippen molar-refractivity contribution in [1.29, 1.82) is 0 Å². The average molecular weight is 708 g/mol. The molecular weight excluding hydrogens is 679 g/mol. The van der Waals surface area contributed by atoms with E-state index in [1.165, 1.54) is 0 Å². The Bertz CT molecular complexity index is 3040. The van der Waals surface area contributed by atoms with Gasteiger partial charge in [0.2, 0.25) is 11.8 Å². The van der Waals surface area contributed by atoms with E-state index in [9.17, 15) is 0 Å². The van der Waals surface area contributed by atoms with Crippen LogP contribution in [0.5, 0.6) is 0 Å². The molecule has 11 aromatic rings. The van der Waals surface area contributed by atoms with E-state index < -0.39 is 0 Å². The van der Waals surface area contributed by atoms with Crippen molar-refractivity contribution in [3.05, 3.63) is 176 Å². The van der Waals surface area contributed by atoms with Crippen molar-refractivity contribution < 1.29 is 8.83 Å². The number of rotatable bonds is 6. The van der Waals surface area contributed by atoms with Crippen LogP contribution in [-0.4, -0.2) is 19.9 Å². The van der Waals surface area contributed by atoms with Gasteiger partial charge in [0.25, 0.3) is 0 Å². The number of hydrogen-bond acceptors (Lipinski definition) is 7. The Morgan fingerprint density at radius 3 is 1.56 bits per heavy atom. The lowest BCUT2D eigenvalue weighted by atomic mass is 10.0. The lowest BCUT2D eigenvalue weighted by Gasteiger charge is -2.26. The van der Waals surface area contributed by atoms with Gasteiger partial charge in [-0.05, 0) is 114 Å². The summed E-state index contributed by atoms with van der Waals surface area (Å²) in [6.45, 7) is 0. The second-order valence-corrected chi connectivity index (χ2v) is 13.6. The largest absolute Gasteiger partial charge is 0.436 e. The van der Waals surface area contributed by atoms with Crippen molar-refractivity contribution in [2.75, 3.05) is 4.90 Å². The van der Waals surface area contributed by atoms with Gasteiger partial charge in [0.1, 0.15) is 11.0 Å². The van der Waals surface area contributed by atoms with E-state index in [0.717, 1.165) is 94.2 Å². The first kappa shape index (κ1) is 30.9. The molecule has 0 bridgehead atoms. The number of aromatic nitrogens is 4. The summed E-state index contributed by atoms with van der Waals surface area (Å²) in [5, 5.41) is 4.39. The smallest absolute Gasteiger partial charge is 0.227 e. The van der Waals surface area contributed by atoms with Gasteiger partial charge in [-0.25, -0.2) is 15.0 Å². The second-order valence-electron chi connectivity index (χ2n) is 13.6. The van der Waals surface area contributed by atoms with Crippen molar-refractivity contribution in [2.45, 2.75) is 0 Å². The van der Waals surface area contributed by atoms with E-state index in [-0.39, 0.29) is 0 Å². The van der Waals surface area contributed by atoms with Gasteiger partial charge in [-0.3, -0.25) is 4.98 Å². The van der Waals surface area contributed by atoms with Crippen LogP contribution in [0, 0.1) is 0 Å². The summed E-state index contributed by atoms with van der Waals surface area (Å²) >= 11 is 0. The molecule has 7 heteroatoms. The molecule has 258 valence electrons. The molecular formula is C48H29N5O2. The number of pyridine rings is 2. The maximum atomic E-state index is 6.08. The van der Waals surface area contributed by atoms with Crippen LogP contribution in [0.1, 0.15) is 0 Å². The Morgan fingerprint density at radius 2 is 0.909 bits per heavy atom. The summed E-state index contributed by atoms with van der Waals surface area (Å²) in [7, 11) is 0. The first-order chi connectivity index (χ1) is 27.2. The summed E-state index contributed by atoms with van der Waals surface area (Å²) in [5.41, 5.74) is 11.8. The van der Waals surface area contributed by atoms with Crippen LogP contribution in [0.4, 0.5) is 17.1 Å². The number of fused-ring (bicyclic) bond motifs is 6. The number of oxazole rings is 2. The number of hydrogen-bond donors (Lipinski definition) is 0. The zero-order valence-electron chi connectivity index (χ0n) is 29.3. The molecule has 0 aliphatic carbocycles. The first-order valence-electron chi connectivity index (χ1n) is 18.1. The minimum atomic E-state index is 0.592.